The molecule has 1 heterocycles. The fourth-order valence-electron chi connectivity index (χ4n) is 2.44. The molecule has 2 amide bonds. The minimum Gasteiger partial charge on any atom is -0.395 e. The molecule has 1 aliphatic heterocycles. The number of nitrogens with zero attached hydrogens (tertiary/aromatic N) is 2. The van der Waals surface area contributed by atoms with Gasteiger partial charge in [-0.1, -0.05) is 13.8 Å². The molecular weight excluding hydrogens is 244 g/mol. The van der Waals surface area contributed by atoms with Gasteiger partial charge in [0.1, 0.15) is 0 Å². The molecule has 0 aromatic heterocycles. The molecule has 1 fully saturated rings. The van der Waals surface area contributed by atoms with Crippen molar-refractivity contribution in [2.45, 2.75) is 33.1 Å². The van der Waals surface area contributed by atoms with Crippen molar-refractivity contribution in [2.24, 2.45) is 11.8 Å². The number of likely N-dealkylation sites (tertiary alicyclic amines) is 1. The van der Waals surface area contributed by atoms with E-state index in [0.29, 0.717) is 13.1 Å². The highest BCUT2D eigenvalue weighted by atomic mass is 16.3. The van der Waals surface area contributed by atoms with Gasteiger partial charge in [0, 0.05) is 32.6 Å². The highest BCUT2D eigenvalue weighted by molar-refractivity contribution is 5.82. The Morgan fingerprint density at radius 3 is 2.74 bits per heavy atom. The lowest BCUT2D eigenvalue weighted by molar-refractivity contribution is -0.142. The van der Waals surface area contributed by atoms with Crippen LogP contribution < -0.4 is 0 Å². The SMILES string of the molecule is CCC(C)C(=O)N1CCCC(C(=O)N(C)CCO)C1. The van der Waals surface area contributed by atoms with Crippen molar-refractivity contribution in [3.63, 3.8) is 0 Å². The monoisotopic (exact) mass is 270 g/mol. The summed E-state index contributed by atoms with van der Waals surface area (Å²) in [7, 11) is 1.70. The molecule has 0 radical (unpaired) electrons. The number of rotatable bonds is 5. The number of piperidine rings is 1. The lowest BCUT2D eigenvalue weighted by Crippen LogP contribution is -2.47. The first-order valence-corrected chi connectivity index (χ1v) is 7.15. The molecule has 5 heteroatoms. The van der Waals surface area contributed by atoms with Crippen molar-refractivity contribution >= 4 is 11.8 Å². The summed E-state index contributed by atoms with van der Waals surface area (Å²) in [5.41, 5.74) is 0. The largest absolute Gasteiger partial charge is 0.395 e. The van der Waals surface area contributed by atoms with E-state index in [0.717, 1.165) is 25.8 Å². The normalized spacial score (nSPS) is 21.1. The van der Waals surface area contributed by atoms with Crippen LogP contribution in [0.2, 0.25) is 0 Å². The fraction of sp³-hybridized carbons (Fsp3) is 0.857. The van der Waals surface area contributed by atoms with Crippen LogP contribution in [0.25, 0.3) is 0 Å². The topological polar surface area (TPSA) is 60.9 Å². The summed E-state index contributed by atoms with van der Waals surface area (Å²) in [4.78, 5) is 27.7. The molecule has 2 atom stereocenters. The van der Waals surface area contributed by atoms with Crippen LogP contribution in [-0.2, 0) is 9.59 Å². The van der Waals surface area contributed by atoms with E-state index >= 15 is 0 Å². The first-order chi connectivity index (χ1) is 9.01. The lowest BCUT2D eigenvalue weighted by atomic mass is 9.95. The van der Waals surface area contributed by atoms with E-state index in [1.165, 1.54) is 0 Å². The number of carbonyl (C=O) groups excluding carboxylic acids is 2. The van der Waals surface area contributed by atoms with E-state index in [2.05, 4.69) is 0 Å². The minimum atomic E-state index is -0.113. The smallest absolute Gasteiger partial charge is 0.227 e. The Kier molecular flexibility index (Phi) is 6.28. The zero-order chi connectivity index (χ0) is 14.4. The van der Waals surface area contributed by atoms with E-state index in [4.69, 9.17) is 5.11 Å². The van der Waals surface area contributed by atoms with Crippen LogP contribution in [0.4, 0.5) is 0 Å². The standard InChI is InChI=1S/C14H26N2O3/c1-4-11(2)13(18)16-7-5-6-12(10-16)14(19)15(3)8-9-17/h11-12,17H,4-10H2,1-3H3. The molecule has 2 unspecified atom stereocenters. The molecule has 19 heavy (non-hydrogen) atoms. The van der Waals surface area contributed by atoms with Gasteiger partial charge >= 0.3 is 0 Å². The van der Waals surface area contributed by atoms with Gasteiger partial charge in [0.15, 0.2) is 0 Å². The number of hydrogen-bond acceptors (Lipinski definition) is 3. The van der Waals surface area contributed by atoms with Crippen molar-refractivity contribution < 1.29 is 14.7 Å². The number of carbonyl (C=O) groups is 2. The predicted molar refractivity (Wildman–Crippen MR) is 73.5 cm³/mol. The minimum absolute atomic E-state index is 0.0233. The zero-order valence-corrected chi connectivity index (χ0v) is 12.3. The Morgan fingerprint density at radius 2 is 2.16 bits per heavy atom. The fourth-order valence-corrected chi connectivity index (χ4v) is 2.44. The van der Waals surface area contributed by atoms with E-state index in [1.54, 1.807) is 11.9 Å². The van der Waals surface area contributed by atoms with Crippen molar-refractivity contribution in [1.82, 2.24) is 9.80 Å². The van der Waals surface area contributed by atoms with Crippen molar-refractivity contribution in [2.75, 3.05) is 33.3 Å². The van der Waals surface area contributed by atoms with Crippen LogP contribution in [0.1, 0.15) is 33.1 Å². The van der Waals surface area contributed by atoms with Gasteiger partial charge in [0.05, 0.1) is 12.5 Å². The average Bonchev–Trinajstić information content (AvgIpc) is 2.45. The van der Waals surface area contributed by atoms with E-state index < -0.39 is 0 Å². The van der Waals surface area contributed by atoms with Gasteiger partial charge in [-0.3, -0.25) is 9.59 Å². The molecule has 1 aliphatic rings. The highest BCUT2D eigenvalue weighted by Crippen LogP contribution is 2.20. The molecule has 0 bridgehead atoms. The number of likely N-dealkylation sites (N-methyl/N-ethyl adjacent to an activating group) is 1. The molecule has 0 saturated carbocycles. The third-order valence-corrected chi connectivity index (χ3v) is 3.93. The summed E-state index contributed by atoms with van der Waals surface area (Å²) in [6.45, 7) is 5.56. The molecule has 0 spiro atoms. The Labute approximate surface area is 115 Å². The predicted octanol–water partition coefficient (Wildman–Crippen LogP) is 0.722. The van der Waals surface area contributed by atoms with Gasteiger partial charge in [0.2, 0.25) is 11.8 Å². The molecule has 0 aliphatic carbocycles. The summed E-state index contributed by atoms with van der Waals surface area (Å²) in [5, 5.41) is 8.87. The second-order valence-electron chi connectivity index (χ2n) is 5.42. The van der Waals surface area contributed by atoms with Crippen LogP contribution in [0.15, 0.2) is 0 Å². The highest BCUT2D eigenvalue weighted by Gasteiger charge is 2.31. The summed E-state index contributed by atoms with van der Waals surface area (Å²) in [6, 6.07) is 0. The maximum Gasteiger partial charge on any atom is 0.227 e. The number of aliphatic hydroxyl groups is 1. The molecule has 0 aromatic carbocycles. The van der Waals surface area contributed by atoms with Crippen LogP contribution in [-0.4, -0.2) is 60.0 Å². The van der Waals surface area contributed by atoms with Gasteiger partial charge < -0.3 is 14.9 Å². The molecule has 1 saturated heterocycles. The first kappa shape index (κ1) is 16.0. The Balaban J connectivity index is 2.59. The van der Waals surface area contributed by atoms with Gasteiger partial charge in [0.25, 0.3) is 0 Å². The summed E-state index contributed by atoms with van der Waals surface area (Å²) in [6.07, 6.45) is 2.54. The maximum absolute atomic E-state index is 12.2. The Hall–Kier alpha value is -1.10. The second kappa shape index (κ2) is 7.48. The van der Waals surface area contributed by atoms with Crippen molar-refractivity contribution in [3.8, 4) is 0 Å². The Morgan fingerprint density at radius 1 is 1.47 bits per heavy atom. The maximum atomic E-state index is 12.2. The van der Waals surface area contributed by atoms with Gasteiger partial charge in [-0.2, -0.15) is 0 Å². The molecule has 5 nitrogen and oxygen atoms in total. The van der Waals surface area contributed by atoms with Crippen LogP contribution in [0, 0.1) is 11.8 Å². The summed E-state index contributed by atoms with van der Waals surface area (Å²) >= 11 is 0. The quantitative estimate of drug-likeness (QED) is 0.801. The van der Waals surface area contributed by atoms with E-state index in [1.807, 2.05) is 18.7 Å². The third-order valence-electron chi connectivity index (χ3n) is 3.93. The van der Waals surface area contributed by atoms with E-state index in [-0.39, 0.29) is 30.3 Å². The summed E-state index contributed by atoms with van der Waals surface area (Å²) < 4.78 is 0. The van der Waals surface area contributed by atoms with Gasteiger partial charge in [-0.05, 0) is 19.3 Å². The number of amides is 2. The molecule has 0 aromatic rings. The number of aliphatic hydroxyl groups excluding tert-OH is 1. The van der Waals surface area contributed by atoms with Crippen molar-refractivity contribution in [1.29, 1.82) is 0 Å². The zero-order valence-electron chi connectivity index (χ0n) is 12.3. The van der Waals surface area contributed by atoms with E-state index in [9.17, 15) is 9.59 Å². The molecule has 110 valence electrons. The molecular formula is C14H26N2O3. The van der Waals surface area contributed by atoms with Gasteiger partial charge in [-0.25, -0.2) is 0 Å². The van der Waals surface area contributed by atoms with Gasteiger partial charge in [-0.15, -0.1) is 0 Å². The Bertz CT molecular complexity index is 320. The lowest BCUT2D eigenvalue weighted by Gasteiger charge is -2.35. The first-order valence-electron chi connectivity index (χ1n) is 7.15. The van der Waals surface area contributed by atoms with Crippen LogP contribution in [0.5, 0.6) is 0 Å². The average molecular weight is 270 g/mol. The number of hydrogen-bond donors (Lipinski definition) is 1. The summed E-state index contributed by atoms with van der Waals surface area (Å²) in [5.74, 6) is 0.114. The van der Waals surface area contributed by atoms with Crippen LogP contribution >= 0.6 is 0 Å². The molecule has 1 rings (SSSR count). The van der Waals surface area contributed by atoms with Crippen LogP contribution in [0.3, 0.4) is 0 Å². The third kappa shape index (κ3) is 4.20. The van der Waals surface area contributed by atoms with Crippen molar-refractivity contribution in [3.05, 3.63) is 0 Å². The molecule has 1 N–H and O–H groups in total. The second-order valence-corrected chi connectivity index (χ2v) is 5.42.